The number of benzene rings is 1. The van der Waals surface area contributed by atoms with E-state index in [-0.39, 0.29) is 5.78 Å². The lowest BCUT2D eigenvalue weighted by Crippen LogP contribution is -2.50. The van der Waals surface area contributed by atoms with E-state index in [1.807, 2.05) is 0 Å². The van der Waals surface area contributed by atoms with E-state index in [4.69, 9.17) is 0 Å². The molecule has 0 amide bonds. The predicted molar refractivity (Wildman–Crippen MR) is 98.8 cm³/mol. The van der Waals surface area contributed by atoms with Crippen LogP contribution < -0.4 is 0 Å². The van der Waals surface area contributed by atoms with Crippen molar-refractivity contribution in [3.8, 4) is 0 Å². The van der Waals surface area contributed by atoms with E-state index in [2.05, 4.69) is 45.5 Å². The first-order valence-electron chi connectivity index (χ1n) is 8.80. The maximum atomic E-state index is 11.4. The average Bonchev–Trinajstić information content (AvgIpc) is 3.22. The van der Waals surface area contributed by atoms with Crippen LogP contribution in [-0.4, -0.2) is 47.8 Å². The van der Waals surface area contributed by atoms with Crippen molar-refractivity contribution in [2.75, 3.05) is 26.2 Å². The second-order valence-corrected chi connectivity index (χ2v) is 7.93. The Bertz CT molecular complexity index is 706. The topological polar surface area (TPSA) is 23.6 Å². The summed E-state index contributed by atoms with van der Waals surface area (Å²) in [6, 6.07) is 11.6. The third-order valence-corrected chi connectivity index (χ3v) is 6.44. The van der Waals surface area contributed by atoms with Crippen molar-refractivity contribution in [2.45, 2.75) is 32.4 Å². The molecule has 0 atom stereocenters. The lowest BCUT2D eigenvalue weighted by Gasteiger charge is -2.38. The highest BCUT2D eigenvalue weighted by molar-refractivity contribution is 7.12. The molecule has 0 saturated carbocycles. The van der Waals surface area contributed by atoms with Gasteiger partial charge in [-0.15, -0.1) is 11.3 Å². The van der Waals surface area contributed by atoms with E-state index in [0.717, 1.165) is 37.6 Å². The number of hydrogen-bond acceptors (Lipinski definition) is 4. The van der Waals surface area contributed by atoms with Crippen molar-refractivity contribution >= 4 is 17.1 Å². The van der Waals surface area contributed by atoms with Gasteiger partial charge in [-0.1, -0.05) is 24.3 Å². The highest BCUT2D eigenvalue weighted by Crippen LogP contribution is 2.26. The molecule has 3 nitrogen and oxygen atoms in total. The van der Waals surface area contributed by atoms with Crippen LogP contribution in [0, 0.1) is 0 Å². The van der Waals surface area contributed by atoms with Gasteiger partial charge in [0.25, 0.3) is 0 Å². The Kier molecular flexibility index (Phi) is 4.53. The largest absolute Gasteiger partial charge is 0.297 e. The molecule has 1 aromatic carbocycles. The second kappa shape index (κ2) is 6.79. The molecule has 0 unspecified atom stereocenters. The Morgan fingerprint density at radius 2 is 1.79 bits per heavy atom. The van der Waals surface area contributed by atoms with Crippen molar-refractivity contribution in [3.63, 3.8) is 0 Å². The quantitative estimate of drug-likeness (QED) is 0.799. The molecule has 0 bridgehead atoms. The van der Waals surface area contributed by atoms with Crippen LogP contribution in [0.15, 0.2) is 35.7 Å². The van der Waals surface area contributed by atoms with Crippen LogP contribution in [0.25, 0.3) is 0 Å². The van der Waals surface area contributed by atoms with Gasteiger partial charge < -0.3 is 0 Å². The third kappa shape index (κ3) is 3.32. The smallest absolute Gasteiger partial charge is 0.169 e. The first-order valence-corrected chi connectivity index (χ1v) is 9.68. The van der Waals surface area contributed by atoms with Crippen LogP contribution in [0.2, 0.25) is 0 Å². The summed E-state index contributed by atoms with van der Waals surface area (Å²) in [5.41, 5.74) is 4.37. The first kappa shape index (κ1) is 16.0. The molecule has 4 rings (SSSR count). The number of piperazine rings is 1. The zero-order valence-corrected chi connectivity index (χ0v) is 15.0. The summed E-state index contributed by atoms with van der Waals surface area (Å²) in [6.45, 7) is 7.18. The van der Waals surface area contributed by atoms with Crippen LogP contribution >= 0.6 is 11.3 Å². The number of ketones is 1. The maximum absolute atomic E-state index is 11.4. The number of nitrogens with zero attached hydrogens (tertiary/aromatic N) is 2. The average molecular weight is 340 g/mol. The van der Waals surface area contributed by atoms with Crippen molar-refractivity contribution in [3.05, 3.63) is 57.3 Å². The zero-order chi connectivity index (χ0) is 16.5. The third-order valence-electron chi connectivity index (χ3n) is 5.36. The standard InChI is InChI=1S/C20H24N2OS/c1-15(23)20-10-16(14-24-20)13-21-6-8-22(9-7-21)19-11-17-4-2-3-5-18(17)12-19/h2-5,10,14,19H,6-9,11-13H2,1H3. The first-order chi connectivity index (χ1) is 11.7. The van der Waals surface area contributed by atoms with Crippen molar-refractivity contribution < 1.29 is 4.79 Å². The van der Waals surface area contributed by atoms with Gasteiger partial charge in [0.05, 0.1) is 4.88 Å². The summed E-state index contributed by atoms with van der Waals surface area (Å²) in [5.74, 6) is 0.178. The predicted octanol–water partition coefficient (Wildman–Crippen LogP) is 3.24. The van der Waals surface area contributed by atoms with Gasteiger partial charge in [0.2, 0.25) is 0 Å². The highest BCUT2D eigenvalue weighted by Gasteiger charge is 2.29. The van der Waals surface area contributed by atoms with Crippen molar-refractivity contribution in [2.24, 2.45) is 0 Å². The minimum atomic E-state index is 0.178. The van der Waals surface area contributed by atoms with E-state index >= 15 is 0 Å². The molecular formula is C20H24N2OS. The minimum absolute atomic E-state index is 0.178. The Hall–Kier alpha value is -1.49. The number of thiophene rings is 1. The molecule has 24 heavy (non-hydrogen) atoms. The SMILES string of the molecule is CC(=O)c1cc(CN2CCN(C3Cc4ccccc4C3)CC2)cs1. The fraction of sp³-hybridized carbons (Fsp3) is 0.450. The van der Waals surface area contributed by atoms with Gasteiger partial charge in [-0.05, 0) is 47.9 Å². The van der Waals surface area contributed by atoms with Crippen molar-refractivity contribution in [1.82, 2.24) is 9.80 Å². The number of carbonyl (C=O) groups excluding carboxylic acids is 1. The summed E-state index contributed by atoms with van der Waals surface area (Å²) >= 11 is 1.57. The Morgan fingerprint density at radius 3 is 2.38 bits per heavy atom. The molecular weight excluding hydrogens is 316 g/mol. The number of Topliss-reactive ketones (excluding diaryl/α,β-unsaturated/α-hetero) is 1. The lowest BCUT2D eigenvalue weighted by atomic mass is 10.1. The molecule has 4 heteroatoms. The fourth-order valence-electron chi connectivity index (χ4n) is 3.98. The normalized spacial score (nSPS) is 19.5. The monoisotopic (exact) mass is 340 g/mol. The zero-order valence-electron chi connectivity index (χ0n) is 14.2. The van der Waals surface area contributed by atoms with Gasteiger partial charge in [-0.25, -0.2) is 0 Å². The number of carbonyl (C=O) groups is 1. The molecule has 2 aliphatic rings. The molecule has 1 aromatic heterocycles. The molecule has 1 fully saturated rings. The summed E-state index contributed by atoms with van der Waals surface area (Å²) in [4.78, 5) is 17.5. The van der Waals surface area contributed by atoms with E-state index in [1.165, 1.54) is 18.4 Å². The van der Waals surface area contributed by atoms with E-state index in [0.29, 0.717) is 6.04 Å². The van der Waals surface area contributed by atoms with Gasteiger partial charge in [0.1, 0.15) is 0 Å². The van der Waals surface area contributed by atoms with E-state index < -0.39 is 0 Å². The minimum Gasteiger partial charge on any atom is -0.297 e. The van der Waals surface area contributed by atoms with Crippen LogP contribution in [0.5, 0.6) is 0 Å². The molecule has 1 saturated heterocycles. The lowest BCUT2D eigenvalue weighted by molar-refractivity contribution is 0.0949. The van der Waals surface area contributed by atoms with Gasteiger partial charge in [-0.3, -0.25) is 14.6 Å². The number of rotatable bonds is 4. The van der Waals surface area contributed by atoms with Crippen LogP contribution in [-0.2, 0) is 19.4 Å². The summed E-state index contributed by atoms with van der Waals surface area (Å²) in [6.07, 6.45) is 2.42. The van der Waals surface area contributed by atoms with Gasteiger partial charge in [-0.2, -0.15) is 0 Å². The summed E-state index contributed by atoms with van der Waals surface area (Å²) in [5, 5.41) is 2.14. The van der Waals surface area contributed by atoms with E-state index in [9.17, 15) is 4.79 Å². The Labute approximate surface area is 147 Å². The molecule has 0 radical (unpaired) electrons. The summed E-state index contributed by atoms with van der Waals surface area (Å²) < 4.78 is 0. The van der Waals surface area contributed by atoms with Crippen LogP contribution in [0.4, 0.5) is 0 Å². The Balaban J connectivity index is 1.30. The molecule has 2 aromatic rings. The van der Waals surface area contributed by atoms with Gasteiger partial charge >= 0.3 is 0 Å². The van der Waals surface area contributed by atoms with Gasteiger partial charge in [0, 0.05) is 38.8 Å². The van der Waals surface area contributed by atoms with Gasteiger partial charge in [0.15, 0.2) is 5.78 Å². The molecule has 1 aliphatic carbocycles. The molecule has 0 spiro atoms. The molecule has 126 valence electrons. The Morgan fingerprint density at radius 1 is 1.12 bits per heavy atom. The second-order valence-electron chi connectivity index (χ2n) is 7.02. The van der Waals surface area contributed by atoms with Crippen LogP contribution in [0.1, 0.15) is 33.3 Å². The molecule has 1 aliphatic heterocycles. The maximum Gasteiger partial charge on any atom is 0.169 e. The van der Waals surface area contributed by atoms with Crippen LogP contribution in [0.3, 0.4) is 0 Å². The van der Waals surface area contributed by atoms with Crippen molar-refractivity contribution in [1.29, 1.82) is 0 Å². The number of hydrogen-bond donors (Lipinski definition) is 0. The molecule has 0 N–H and O–H groups in total. The number of fused-ring (bicyclic) bond motifs is 1. The summed E-state index contributed by atoms with van der Waals surface area (Å²) in [7, 11) is 0. The molecule has 2 heterocycles. The fourth-order valence-corrected chi connectivity index (χ4v) is 4.79. The highest BCUT2D eigenvalue weighted by atomic mass is 32.1. The van der Waals surface area contributed by atoms with E-state index in [1.54, 1.807) is 29.4 Å².